The molecule has 2 heteroatoms. The molecule has 0 spiro atoms. The van der Waals surface area contributed by atoms with Crippen molar-refractivity contribution in [1.82, 2.24) is 0 Å². The van der Waals surface area contributed by atoms with Crippen molar-refractivity contribution in [3.63, 3.8) is 0 Å². The Bertz CT molecular complexity index is 256. The molecule has 0 aromatic heterocycles. The number of unbranched alkanes of at least 4 members (excludes halogenated alkanes) is 5. The number of carbonyl (C=O) groups excluding carboxylic acids is 1. The molecule has 0 rings (SSSR count). The zero-order valence-corrected chi connectivity index (χ0v) is 12.7. The summed E-state index contributed by atoms with van der Waals surface area (Å²) in [6.07, 6.45) is 16.4. The van der Waals surface area contributed by atoms with Gasteiger partial charge in [-0.25, -0.2) is 0 Å². The van der Waals surface area contributed by atoms with Crippen LogP contribution in [-0.4, -0.2) is 12.1 Å². The standard InChI is InChI=1S/C17H30O2/c1-4-6-8-9-10-11-13-15-17(19-16(3)18)14-12-7-5-2/h4,6,8,17H,1,5,7,9-15H2,2-3H3/b8-6+. The molecule has 0 aliphatic heterocycles. The fraction of sp³-hybridized carbons (Fsp3) is 0.706. The van der Waals surface area contributed by atoms with E-state index in [1.165, 1.54) is 32.6 Å². The van der Waals surface area contributed by atoms with Crippen molar-refractivity contribution < 1.29 is 9.53 Å². The first kappa shape index (κ1) is 17.9. The molecule has 0 aromatic rings. The van der Waals surface area contributed by atoms with Gasteiger partial charge in [-0.2, -0.15) is 0 Å². The van der Waals surface area contributed by atoms with E-state index in [0.717, 1.165) is 32.1 Å². The maximum atomic E-state index is 11.1. The second kappa shape index (κ2) is 13.4. The Morgan fingerprint density at radius 1 is 1.16 bits per heavy atom. The molecule has 0 aliphatic carbocycles. The number of rotatable bonds is 12. The molecule has 0 bridgehead atoms. The molecule has 0 fully saturated rings. The van der Waals surface area contributed by atoms with Gasteiger partial charge in [0.2, 0.25) is 0 Å². The molecule has 0 amide bonds. The van der Waals surface area contributed by atoms with Crippen LogP contribution in [0.4, 0.5) is 0 Å². The number of esters is 1. The predicted octanol–water partition coefficient (Wildman–Crippen LogP) is 5.19. The van der Waals surface area contributed by atoms with Crippen LogP contribution in [0.15, 0.2) is 24.8 Å². The van der Waals surface area contributed by atoms with Crippen LogP contribution in [0.2, 0.25) is 0 Å². The summed E-state index contributed by atoms with van der Waals surface area (Å²) in [5.41, 5.74) is 0. The molecule has 0 saturated heterocycles. The Morgan fingerprint density at radius 3 is 2.42 bits per heavy atom. The van der Waals surface area contributed by atoms with Gasteiger partial charge in [0.05, 0.1) is 0 Å². The van der Waals surface area contributed by atoms with E-state index in [1.807, 2.05) is 12.2 Å². The lowest BCUT2D eigenvalue weighted by Crippen LogP contribution is -2.16. The van der Waals surface area contributed by atoms with Gasteiger partial charge in [-0.3, -0.25) is 4.79 Å². The van der Waals surface area contributed by atoms with Gasteiger partial charge in [-0.05, 0) is 38.5 Å². The minimum atomic E-state index is -0.143. The normalized spacial score (nSPS) is 12.5. The van der Waals surface area contributed by atoms with E-state index in [4.69, 9.17) is 4.74 Å². The van der Waals surface area contributed by atoms with Crippen LogP contribution in [0, 0.1) is 0 Å². The van der Waals surface area contributed by atoms with E-state index < -0.39 is 0 Å². The quantitative estimate of drug-likeness (QED) is 0.276. The largest absolute Gasteiger partial charge is 0.463 e. The van der Waals surface area contributed by atoms with Crippen molar-refractivity contribution in [2.45, 2.75) is 77.7 Å². The lowest BCUT2D eigenvalue weighted by atomic mass is 10.0. The average molecular weight is 266 g/mol. The van der Waals surface area contributed by atoms with Crippen LogP contribution in [0.1, 0.15) is 71.6 Å². The highest BCUT2D eigenvalue weighted by molar-refractivity contribution is 5.66. The van der Waals surface area contributed by atoms with Crippen molar-refractivity contribution in [2.24, 2.45) is 0 Å². The Balaban J connectivity index is 3.69. The summed E-state index contributed by atoms with van der Waals surface area (Å²) in [7, 11) is 0. The SMILES string of the molecule is C=C/C=C/CCCCCC(CCCCC)OC(C)=O. The van der Waals surface area contributed by atoms with E-state index in [9.17, 15) is 4.79 Å². The number of allylic oxidation sites excluding steroid dienone is 3. The second-order valence-corrected chi connectivity index (χ2v) is 5.03. The van der Waals surface area contributed by atoms with Gasteiger partial charge in [0.25, 0.3) is 0 Å². The van der Waals surface area contributed by atoms with E-state index in [0.29, 0.717) is 0 Å². The van der Waals surface area contributed by atoms with Gasteiger partial charge in [-0.15, -0.1) is 0 Å². The maximum Gasteiger partial charge on any atom is 0.302 e. The summed E-state index contributed by atoms with van der Waals surface area (Å²) in [6, 6.07) is 0. The highest BCUT2D eigenvalue weighted by Crippen LogP contribution is 2.15. The Labute approximate surface area is 118 Å². The molecule has 1 atom stereocenters. The molecular weight excluding hydrogens is 236 g/mol. The van der Waals surface area contributed by atoms with Gasteiger partial charge >= 0.3 is 5.97 Å². The van der Waals surface area contributed by atoms with Crippen molar-refractivity contribution in [2.75, 3.05) is 0 Å². The topological polar surface area (TPSA) is 26.3 Å². The number of carbonyl (C=O) groups is 1. The van der Waals surface area contributed by atoms with Gasteiger partial charge in [-0.1, -0.05) is 51.0 Å². The van der Waals surface area contributed by atoms with Crippen molar-refractivity contribution in [1.29, 1.82) is 0 Å². The maximum absolute atomic E-state index is 11.1. The molecule has 2 nitrogen and oxygen atoms in total. The van der Waals surface area contributed by atoms with Crippen LogP contribution in [0.3, 0.4) is 0 Å². The highest BCUT2D eigenvalue weighted by Gasteiger charge is 2.10. The number of hydrogen-bond acceptors (Lipinski definition) is 2. The minimum Gasteiger partial charge on any atom is -0.463 e. The zero-order valence-electron chi connectivity index (χ0n) is 12.7. The van der Waals surface area contributed by atoms with Crippen LogP contribution in [-0.2, 0) is 9.53 Å². The van der Waals surface area contributed by atoms with Crippen LogP contribution in [0.25, 0.3) is 0 Å². The first-order valence-electron chi connectivity index (χ1n) is 7.65. The summed E-state index contributed by atoms with van der Waals surface area (Å²) < 4.78 is 5.38. The van der Waals surface area contributed by atoms with E-state index in [-0.39, 0.29) is 12.1 Å². The zero-order chi connectivity index (χ0) is 14.3. The fourth-order valence-electron chi connectivity index (χ4n) is 2.12. The monoisotopic (exact) mass is 266 g/mol. The molecule has 0 radical (unpaired) electrons. The van der Waals surface area contributed by atoms with Crippen LogP contribution < -0.4 is 0 Å². The number of ether oxygens (including phenoxy) is 1. The summed E-state index contributed by atoms with van der Waals surface area (Å²) in [5.74, 6) is -0.143. The lowest BCUT2D eigenvalue weighted by molar-refractivity contribution is -0.147. The molecule has 0 N–H and O–H groups in total. The molecular formula is C17H30O2. The van der Waals surface area contributed by atoms with Crippen molar-refractivity contribution >= 4 is 5.97 Å². The molecule has 19 heavy (non-hydrogen) atoms. The lowest BCUT2D eigenvalue weighted by Gasteiger charge is -2.16. The highest BCUT2D eigenvalue weighted by atomic mass is 16.5. The second-order valence-electron chi connectivity index (χ2n) is 5.03. The predicted molar refractivity (Wildman–Crippen MR) is 82.1 cm³/mol. The van der Waals surface area contributed by atoms with E-state index in [2.05, 4.69) is 19.6 Å². The van der Waals surface area contributed by atoms with Crippen LogP contribution in [0.5, 0.6) is 0 Å². The smallest absolute Gasteiger partial charge is 0.302 e. The van der Waals surface area contributed by atoms with E-state index >= 15 is 0 Å². The van der Waals surface area contributed by atoms with Gasteiger partial charge < -0.3 is 4.74 Å². The Hall–Kier alpha value is -1.05. The van der Waals surface area contributed by atoms with E-state index in [1.54, 1.807) is 0 Å². The molecule has 0 saturated carbocycles. The van der Waals surface area contributed by atoms with Crippen molar-refractivity contribution in [3.8, 4) is 0 Å². The van der Waals surface area contributed by atoms with Gasteiger partial charge in [0.15, 0.2) is 0 Å². The molecule has 0 heterocycles. The molecule has 1 unspecified atom stereocenters. The first-order valence-corrected chi connectivity index (χ1v) is 7.65. The van der Waals surface area contributed by atoms with Gasteiger partial charge in [0, 0.05) is 6.92 Å². The molecule has 0 aliphatic rings. The third-order valence-corrected chi connectivity index (χ3v) is 3.13. The summed E-state index contributed by atoms with van der Waals surface area (Å²) in [4.78, 5) is 11.1. The van der Waals surface area contributed by atoms with Gasteiger partial charge in [0.1, 0.15) is 6.10 Å². The fourth-order valence-corrected chi connectivity index (χ4v) is 2.12. The third kappa shape index (κ3) is 13.2. The third-order valence-electron chi connectivity index (χ3n) is 3.13. The van der Waals surface area contributed by atoms with Crippen molar-refractivity contribution in [3.05, 3.63) is 24.8 Å². The first-order chi connectivity index (χ1) is 9.20. The summed E-state index contributed by atoms with van der Waals surface area (Å²) in [5, 5.41) is 0. The number of hydrogen-bond donors (Lipinski definition) is 0. The molecule has 0 aromatic carbocycles. The Morgan fingerprint density at radius 2 is 1.84 bits per heavy atom. The minimum absolute atomic E-state index is 0.132. The molecule has 110 valence electrons. The summed E-state index contributed by atoms with van der Waals surface area (Å²) >= 11 is 0. The summed E-state index contributed by atoms with van der Waals surface area (Å²) in [6.45, 7) is 7.34. The van der Waals surface area contributed by atoms with Crippen LogP contribution >= 0.6 is 0 Å². The Kier molecular flexibility index (Phi) is 12.6. The average Bonchev–Trinajstić information content (AvgIpc) is 2.37.